The third-order valence-electron chi connectivity index (χ3n) is 5.98. The molecule has 0 bridgehead atoms. The fourth-order valence-corrected chi connectivity index (χ4v) is 4.26. The standard InChI is InChI=1S/C19H14N6O2/c20-7-10-8-24(9-10)18(27)19(4-5-19)25-22-15-11-3-6-21-13-2-1-12(14(11)13)17(26)16(15)23-25/h1,3,6,10H,2,4-5,8-9H2. The maximum atomic E-state index is 13.0. The first-order chi connectivity index (χ1) is 13.1. The number of carbonyl (C=O) groups excluding carboxylic acids is 2. The van der Waals surface area contributed by atoms with Gasteiger partial charge in [-0.3, -0.25) is 14.6 Å². The summed E-state index contributed by atoms with van der Waals surface area (Å²) >= 11 is 0. The minimum atomic E-state index is -0.804. The van der Waals surface area contributed by atoms with Crippen LogP contribution in [0.15, 0.2) is 18.3 Å². The van der Waals surface area contributed by atoms with Crippen molar-refractivity contribution < 1.29 is 9.59 Å². The number of ketones is 1. The van der Waals surface area contributed by atoms with Crippen LogP contribution in [0.2, 0.25) is 0 Å². The zero-order valence-corrected chi connectivity index (χ0v) is 14.3. The van der Waals surface area contributed by atoms with E-state index in [0.717, 1.165) is 16.8 Å². The number of likely N-dealkylation sites (tertiary alicyclic amines) is 1. The van der Waals surface area contributed by atoms with Crippen molar-refractivity contribution in [2.75, 3.05) is 13.1 Å². The Morgan fingerprint density at radius 1 is 1.26 bits per heavy atom. The van der Waals surface area contributed by atoms with Gasteiger partial charge >= 0.3 is 0 Å². The summed E-state index contributed by atoms with van der Waals surface area (Å²) in [6.07, 6.45) is 5.57. The minimum Gasteiger partial charge on any atom is -0.338 e. The zero-order chi connectivity index (χ0) is 18.3. The van der Waals surface area contributed by atoms with E-state index in [1.165, 1.54) is 4.80 Å². The van der Waals surface area contributed by atoms with Gasteiger partial charge in [0.1, 0.15) is 5.69 Å². The summed E-state index contributed by atoms with van der Waals surface area (Å²) in [7, 11) is 0. The highest BCUT2D eigenvalue weighted by Gasteiger charge is 2.58. The first kappa shape index (κ1) is 14.8. The van der Waals surface area contributed by atoms with E-state index in [1.54, 1.807) is 11.1 Å². The molecule has 6 rings (SSSR count). The Bertz CT molecular complexity index is 1130. The molecule has 1 aliphatic heterocycles. The highest BCUT2D eigenvalue weighted by molar-refractivity contribution is 6.34. The highest BCUT2D eigenvalue weighted by Crippen LogP contribution is 2.48. The normalized spacial score (nSPS) is 21.1. The molecule has 8 nitrogen and oxygen atoms in total. The Morgan fingerprint density at radius 2 is 2.04 bits per heavy atom. The van der Waals surface area contributed by atoms with Crippen molar-refractivity contribution in [1.29, 1.82) is 5.26 Å². The van der Waals surface area contributed by atoms with Gasteiger partial charge in [0.05, 0.1) is 17.7 Å². The van der Waals surface area contributed by atoms with Crippen LogP contribution < -0.4 is 0 Å². The molecule has 0 N–H and O–H groups in total. The minimum absolute atomic E-state index is 0.0488. The summed E-state index contributed by atoms with van der Waals surface area (Å²) in [4.78, 5) is 33.4. The Morgan fingerprint density at radius 3 is 2.78 bits per heavy atom. The molecule has 1 amide bonds. The van der Waals surface area contributed by atoms with E-state index in [1.807, 2.05) is 12.1 Å². The first-order valence-corrected chi connectivity index (χ1v) is 9.03. The molecule has 4 aliphatic rings. The van der Waals surface area contributed by atoms with Gasteiger partial charge in [-0.15, -0.1) is 5.10 Å². The summed E-state index contributed by atoms with van der Waals surface area (Å²) in [6, 6.07) is 4.04. The predicted molar refractivity (Wildman–Crippen MR) is 92.2 cm³/mol. The van der Waals surface area contributed by atoms with Gasteiger partial charge in [0.15, 0.2) is 11.2 Å². The average molecular weight is 358 g/mol. The number of hydrogen-bond acceptors (Lipinski definition) is 6. The van der Waals surface area contributed by atoms with Crippen molar-refractivity contribution in [2.24, 2.45) is 5.92 Å². The SMILES string of the molecule is N#CC1CN(C(=O)C2(n3nc4c(n3)-c3ccnc5c3C(=CC5)C4=O)CC2)C1. The topological polar surface area (TPSA) is 105 Å². The molecule has 8 heteroatoms. The summed E-state index contributed by atoms with van der Waals surface area (Å²) in [5.74, 6) is -0.284. The van der Waals surface area contributed by atoms with Gasteiger partial charge in [0.2, 0.25) is 5.78 Å². The molecule has 3 heterocycles. The molecular weight excluding hydrogens is 344 g/mol. The predicted octanol–water partition coefficient (Wildman–Crippen LogP) is 0.947. The third-order valence-corrected chi connectivity index (χ3v) is 5.98. The molecule has 1 saturated carbocycles. The lowest BCUT2D eigenvalue weighted by Crippen LogP contribution is -2.54. The molecule has 0 unspecified atom stereocenters. The Balaban J connectivity index is 1.43. The van der Waals surface area contributed by atoms with Crippen LogP contribution in [0.1, 0.15) is 34.6 Å². The Labute approximate surface area is 154 Å². The van der Waals surface area contributed by atoms with E-state index in [4.69, 9.17) is 5.26 Å². The number of carbonyl (C=O) groups is 2. The van der Waals surface area contributed by atoms with Crippen LogP contribution in [-0.2, 0) is 16.8 Å². The number of nitrogens with zero attached hydrogens (tertiary/aromatic N) is 6. The van der Waals surface area contributed by atoms with Crippen molar-refractivity contribution in [3.63, 3.8) is 0 Å². The van der Waals surface area contributed by atoms with Crippen LogP contribution in [0.4, 0.5) is 0 Å². The molecule has 132 valence electrons. The lowest BCUT2D eigenvalue weighted by Gasteiger charge is -2.37. The van der Waals surface area contributed by atoms with Crippen molar-refractivity contribution in [3.8, 4) is 17.3 Å². The van der Waals surface area contributed by atoms with E-state index in [9.17, 15) is 9.59 Å². The fraction of sp³-hybridized carbons (Fsp3) is 0.368. The lowest BCUT2D eigenvalue weighted by atomic mass is 9.89. The molecule has 2 fully saturated rings. The van der Waals surface area contributed by atoms with Gasteiger partial charge < -0.3 is 4.90 Å². The van der Waals surface area contributed by atoms with Gasteiger partial charge in [-0.25, -0.2) is 0 Å². The zero-order valence-electron chi connectivity index (χ0n) is 14.3. The number of fused-ring (bicyclic) bond motifs is 2. The molecule has 2 aromatic heterocycles. The number of amides is 1. The molecule has 27 heavy (non-hydrogen) atoms. The van der Waals surface area contributed by atoms with Crippen molar-refractivity contribution in [2.45, 2.75) is 24.8 Å². The summed E-state index contributed by atoms with van der Waals surface area (Å²) in [5, 5.41) is 18.0. The molecule has 0 spiro atoms. The van der Waals surface area contributed by atoms with Gasteiger partial charge in [-0.2, -0.15) is 15.2 Å². The number of Topliss-reactive ketones (excluding diaryl/α,β-unsaturated/α-hetero) is 1. The van der Waals surface area contributed by atoms with Crippen LogP contribution in [0.5, 0.6) is 0 Å². The maximum absolute atomic E-state index is 13.0. The quantitative estimate of drug-likeness (QED) is 0.791. The number of rotatable bonds is 2. The van der Waals surface area contributed by atoms with Crippen LogP contribution in [0.3, 0.4) is 0 Å². The largest absolute Gasteiger partial charge is 0.338 e. The monoisotopic (exact) mass is 358 g/mol. The van der Waals surface area contributed by atoms with Gasteiger partial charge in [0, 0.05) is 42.4 Å². The summed E-state index contributed by atoms with van der Waals surface area (Å²) in [6.45, 7) is 0.920. The fourth-order valence-electron chi connectivity index (χ4n) is 4.26. The molecule has 0 aromatic carbocycles. The van der Waals surface area contributed by atoms with Gasteiger partial charge in [0.25, 0.3) is 5.91 Å². The maximum Gasteiger partial charge on any atom is 0.252 e. The van der Waals surface area contributed by atoms with Gasteiger partial charge in [-0.05, 0) is 18.9 Å². The van der Waals surface area contributed by atoms with Crippen molar-refractivity contribution in [3.05, 3.63) is 35.3 Å². The molecule has 0 radical (unpaired) electrons. The van der Waals surface area contributed by atoms with E-state index in [2.05, 4.69) is 21.3 Å². The van der Waals surface area contributed by atoms with Crippen LogP contribution >= 0.6 is 0 Å². The van der Waals surface area contributed by atoms with Crippen LogP contribution in [0.25, 0.3) is 16.8 Å². The smallest absolute Gasteiger partial charge is 0.252 e. The number of allylic oxidation sites excluding steroid dienone is 2. The second-order valence-corrected chi connectivity index (χ2v) is 7.59. The summed E-state index contributed by atoms with van der Waals surface area (Å²) in [5.41, 5.74) is 3.29. The highest BCUT2D eigenvalue weighted by atomic mass is 16.2. The molecule has 0 atom stereocenters. The Hall–Kier alpha value is -3.34. The lowest BCUT2D eigenvalue weighted by molar-refractivity contribution is -0.142. The van der Waals surface area contributed by atoms with Crippen molar-refractivity contribution >= 4 is 17.3 Å². The van der Waals surface area contributed by atoms with Crippen LogP contribution in [-0.4, -0.2) is 49.7 Å². The second-order valence-electron chi connectivity index (χ2n) is 7.59. The molecule has 2 aromatic rings. The van der Waals surface area contributed by atoms with E-state index >= 15 is 0 Å². The molecule has 3 aliphatic carbocycles. The third kappa shape index (κ3) is 1.74. The number of nitriles is 1. The number of hydrogen-bond donors (Lipinski definition) is 0. The molecule has 1 saturated heterocycles. The number of pyridine rings is 1. The van der Waals surface area contributed by atoms with E-state index in [-0.39, 0.29) is 17.6 Å². The van der Waals surface area contributed by atoms with Crippen molar-refractivity contribution in [1.82, 2.24) is 24.9 Å². The average Bonchev–Trinajstić information content (AvgIpc) is 3.13. The second kappa shape index (κ2) is 4.68. The molecular formula is C19H14N6O2. The first-order valence-electron chi connectivity index (χ1n) is 9.03. The number of aromatic nitrogens is 4. The Kier molecular flexibility index (Phi) is 2.56. The summed E-state index contributed by atoms with van der Waals surface area (Å²) < 4.78 is 0. The van der Waals surface area contributed by atoms with E-state index < -0.39 is 5.54 Å². The van der Waals surface area contributed by atoms with E-state index in [0.29, 0.717) is 49.3 Å². The van der Waals surface area contributed by atoms with Gasteiger partial charge in [-0.1, -0.05) is 6.08 Å². The van der Waals surface area contributed by atoms with Crippen LogP contribution in [0, 0.1) is 17.2 Å².